The summed E-state index contributed by atoms with van der Waals surface area (Å²) in [7, 11) is -3.84. The highest BCUT2D eigenvalue weighted by atomic mass is 32.2. The van der Waals surface area contributed by atoms with Gasteiger partial charge in [-0.3, -0.25) is 9.59 Å². The summed E-state index contributed by atoms with van der Waals surface area (Å²) in [6.07, 6.45) is 4.34. The second kappa shape index (κ2) is 8.80. The molecule has 2 amide bonds. The summed E-state index contributed by atoms with van der Waals surface area (Å²) < 4.78 is 40.6. The van der Waals surface area contributed by atoms with Crippen LogP contribution in [-0.4, -0.2) is 60.6 Å². The second-order valence-corrected chi connectivity index (χ2v) is 9.88. The van der Waals surface area contributed by atoms with Crippen molar-refractivity contribution < 1.29 is 22.4 Å². The van der Waals surface area contributed by atoms with E-state index in [9.17, 15) is 22.4 Å². The highest BCUT2D eigenvalue weighted by molar-refractivity contribution is 7.89. The number of nitrogens with one attached hydrogen (secondary N) is 2. The minimum Gasteiger partial charge on any atom is -0.356 e. The number of carbonyl (C=O) groups excluding carboxylic acids is 2. The number of amides is 2. The number of rotatable bonds is 5. The highest BCUT2D eigenvalue weighted by Gasteiger charge is 2.34. The van der Waals surface area contributed by atoms with Crippen molar-refractivity contribution in [3.8, 4) is 0 Å². The van der Waals surface area contributed by atoms with Crippen LogP contribution in [0.1, 0.15) is 36.2 Å². The first kappa shape index (κ1) is 21.5. The zero-order valence-corrected chi connectivity index (χ0v) is 17.8. The van der Waals surface area contributed by atoms with Crippen LogP contribution < -0.4 is 5.32 Å². The molecule has 0 saturated carbocycles. The van der Waals surface area contributed by atoms with Crippen LogP contribution in [0, 0.1) is 11.7 Å². The summed E-state index contributed by atoms with van der Waals surface area (Å²) in [5.74, 6) is -1.42. The number of aromatic amines is 1. The summed E-state index contributed by atoms with van der Waals surface area (Å²) in [5, 5.41) is 2.72. The normalized spacial score (nSPS) is 20.0. The lowest BCUT2D eigenvalue weighted by Gasteiger charge is -2.30. The van der Waals surface area contributed by atoms with Gasteiger partial charge in [0, 0.05) is 38.1 Å². The van der Waals surface area contributed by atoms with Crippen molar-refractivity contribution in [2.75, 3.05) is 31.5 Å². The molecule has 0 bridgehead atoms. The van der Waals surface area contributed by atoms with Crippen LogP contribution in [0.4, 0.5) is 10.1 Å². The van der Waals surface area contributed by atoms with Gasteiger partial charge in [0.25, 0.3) is 5.91 Å². The number of sulfonamides is 1. The third-order valence-corrected chi connectivity index (χ3v) is 7.63. The lowest BCUT2D eigenvalue weighted by molar-refractivity contribution is -0.120. The lowest BCUT2D eigenvalue weighted by Crippen LogP contribution is -2.43. The van der Waals surface area contributed by atoms with E-state index in [1.807, 2.05) is 0 Å². The Morgan fingerprint density at radius 2 is 1.77 bits per heavy atom. The number of H-pyrrole nitrogens is 1. The van der Waals surface area contributed by atoms with Gasteiger partial charge in [-0.2, -0.15) is 4.31 Å². The summed E-state index contributed by atoms with van der Waals surface area (Å²) in [4.78, 5) is 29.7. The van der Waals surface area contributed by atoms with Crippen LogP contribution >= 0.6 is 0 Å². The van der Waals surface area contributed by atoms with Crippen molar-refractivity contribution >= 4 is 27.5 Å². The molecule has 0 spiro atoms. The number of piperidine rings is 1. The number of likely N-dealkylation sites (tertiary alicyclic amines) is 1. The number of carbonyl (C=O) groups is 2. The Morgan fingerprint density at radius 3 is 2.48 bits per heavy atom. The van der Waals surface area contributed by atoms with Gasteiger partial charge in [0.15, 0.2) is 0 Å². The van der Waals surface area contributed by atoms with Crippen LogP contribution in [0.15, 0.2) is 41.4 Å². The molecule has 1 aromatic heterocycles. The van der Waals surface area contributed by atoms with E-state index in [1.165, 1.54) is 40.8 Å². The molecule has 3 heterocycles. The number of benzene rings is 1. The third kappa shape index (κ3) is 4.64. The van der Waals surface area contributed by atoms with Gasteiger partial charge < -0.3 is 15.2 Å². The molecule has 10 heteroatoms. The predicted octanol–water partition coefficient (Wildman–Crippen LogP) is 2.43. The average molecular weight is 449 g/mol. The average Bonchev–Trinajstić information content (AvgIpc) is 3.48. The largest absolute Gasteiger partial charge is 0.356 e. The predicted molar refractivity (Wildman–Crippen MR) is 112 cm³/mol. The molecule has 0 radical (unpaired) electrons. The van der Waals surface area contributed by atoms with Gasteiger partial charge in [0.1, 0.15) is 16.4 Å². The topological polar surface area (TPSA) is 103 Å². The summed E-state index contributed by atoms with van der Waals surface area (Å²) in [6, 6.07) is 6.80. The van der Waals surface area contributed by atoms with E-state index in [2.05, 4.69) is 10.3 Å². The van der Waals surface area contributed by atoms with Gasteiger partial charge in [-0.25, -0.2) is 12.8 Å². The van der Waals surface area contributed by atoms with E-state index in [1.54, 1.807) is 4.90 Å². The van der Waals surface area contributed by atoms with Crippen molar-refractivity contribution in [3.05, 3.63) is 48.0 Å². The van der Waals surface area contributed by atoms with Gasteiger partial charge in [-0.15, -0.1) is 0 Å². The SMILES string of the molecule is O=C(Nc1ccc(F)cc1)[C@H]1CCCN(S(=O)(=O)c2c[nH]c(C(=O)N3CCCC3)c2)C1. The van der Waals surface area contributed by atoms with Crippen molar-refractivity contribution in [2.24, 2.45) is 5.92 Å². The van der Waals surface area contributed by atoms with E-state index in [-0.39, 0.29) is 28.9 Å². The molecule has 166 valence electrons. The van der Waals surface area contributed by atoms with Gasteiger partial charge in [-0.05, 0) is 56.0 Å². The fourth-order valence-electron chi connectivity index (χ4n) is 4.04. The molecule has 2 saturated heterocycles. The monoisotopic (exact) mass is 448 g/mol. The summed E-state index contributed by atoms with van der Waals surface area (Å²) >= 11 is 0. The smallest absolute Gasteiger partial charge is 0.270 e. The fourth-order valence-corrected chi connectivity index (χ4v) is 5.56. The van der Waals surface area contributed by atoms with E-state index in [4.69, 9.17) is 0 Å². The van der Waals surface area contributed by atoms with Gasteiger partial charge in [0.05, 0.1) is 5.92 Å². The minimum atomic E-state index is -3.84. The van der Waals surface area contributed by atoms with E-state index in [0.717, 1.165) is 12.8 Å². The standard InChI is InChI=1S/C21H25FN4O4S/c22-16-5-7-17(8-6-16)24-20(27)15-4-3-11-26(14-15)31(29,30)18-12-19(23-13-18)21(28)25-9-1-2-10-25/h5-8,12-13,15,23H,1-4,9-11,14H2,(H,24,27)/t15-/m0/s1. The minimum absolute atomic E-state index is 0.0228. The maximum absolute atomic E-state index is 13.1. The van der Waals surface area contributed by atoms with Crippen molar-refractivity contribution in [3.63, 3.8) is 0 Å². The molecule has 0 aliphatic carbocycles. The molecule has 0 unspecified atom stereocenters. The zero-order valence-electron chi connectivity index (χ0n) is 17.0. The molecular weight excluding hydrogens is 423 g/mol. The van der Waals surface area contributed by atoms with Gasteiger partial charge in [0.2, 0.25) is 15.9 Å². The molecule has 4 rings (SSSR count). The van der Waals surface area contributed by atoms with Crippen molar-refractivity contribution in [1.29, 1.82) is 0 Å². The van der Waals surface area contributed by atoms with Crippen molar-refractivity contribution in [2.45, 2.75) is 30.6 Å². The van der Waals surface area contributed by atoms with Gasteiger partial charge in [-0.1, -0.05) is 0 Å². The summed E-state index contributed by atoms with van der Waals surface area (Å²) in [6.45, 7) is 1.72. The first-order valence-electron chi connectivity index (χ1n) is 10.4. The van der Waals surface area contributed by atoms with Crippen LogP contribution in [-0.2, 0) is 14.8 Å². The number of halogens is 1. The maximum Gasteiger partial charge on any atom is 0.270 e. The number of hydrogen-bond acceptors (Lipinski definition) is 4. The summed E-state index contributed by atoms with van der Waals surface area (Å²) in [5.41, 5.74) is 0.713. The van der Waals surface area contributed by atoms with Gasteiger partial charge >= 0.3 is 0 Å². The molecule has 8 nitrogen and oxygen atoms in total. The quantitative estimate of drug-likeness (QED) is 0.733. The molecule has 2 aliphatic heterocycles. The molecule has 2 aliphatic rings. The highest BCUT2D eigenvalue weighted by Crippen LogP contribution is 2.26. The molecule has 1 aromatic carbocycles. The molecule has 1 atom stereocenters. The number of nitrogens with zero attached hydrogens (tertiary/aromatic N) is 2. The Hall–Kier alpha value is -2.72. The first-order chi connectivity index (χ1) is 14.8. The van der Waals surface area contributed by atoms with E-state index in [0.29, 0.717) is 38.2 Å². The van der Waals surface area contributed by atoms with Crippen LogP contribution in [0.3, 0.4) is 0 Å². The van der Waals surface area contributed by atoms with E-state index >= 15 is 0 Å². The Labute approximate surface area is 180 Å². The molecule has 2 fully saturated rings. The van der Waals surface area contributed by atoms with Crippen molar-refractivity contribution in [1.82, 2.24) is 14.2 Å². The number of hydrogen-bond donors (Lipinski definition) is 2. The van der Waals surface area contributed by atoms with Crippen LogP contribution in [0.5, 0.6) is 0 Å². The number of aromatic nitrogens is 1. The Balaban J connectivity index is 1.44. The molecule has 2 aromatic rings. The maximum atomic E-state index is 13.1. The molecule has 31 heavy (non-hydrogen) atoms. The van der Waals surface area contributed by atoms with Crippen LogP contribution in [0.2, 0.25) is 0 Å². The number of anilines is 1. The zero-order chi connectivity index (χ0) is 22.0. The lowest BCUT2D eigenvalue weighted by atomic mass is 9.99. The second-order valence-electron chi connectivity index (χ2n) is 7.95. The van der Waals surface area contributed by atoms with E-state index < -0.39 is 21.8 Å². The fraction of sp³-hybridized carbons (Fsp3) is 0.429. The Kier molecular flexibility index (Phi) is 6.10. The molecular formula is C21H25FN4O4S. The third-order valence-electron chi connectivity index (χ3n) is 5.78. The Morgan fingerprint density at radius 1 is 1.06 bits per heavy atom. The van der Waals surface area contributed by atoms with Crippen LogP contribution in [0.25, 0.3) is 0 Å². The Bertz CT molecular complexity index is 1060. The molecule has 2 N–H and O–H groups in total. The first-order valence-corrected chi connectivity index (χ1v) is 11.8.